The van der Waals surface area contributed by atoms with E-state index in [1.54, 1.807) is 17.8 Å². The van der Waals surface area contributed by atoms with Crippen molar-refractivity contribution in [1.82, 2.24) is 19.3 Å². The van der Waals surface area contributed by atoms with Crippen LogP contribution >= 0.6 is 11.3 Å². The van der Waals surface area contributed by atoms with Crippen molar-refractivity contribution in [2.75, 3.05) is 13.2 Å². The molecule has 4 heterocycles. The van der Waals surface area contributed by atoms with E-state index in [-0.39, 0.29) is 18.0 Å². The number of aliphatic imine (C=N–C) groups is 1. The summed E-state index contributed by atoms with van der Waals surface area (Å²) in [6, 6.07) is 7.46. The Bertz CT molecular complexity index is 1600. The Hall–Kier alpha value is -3.15. The van der Waals surface area contributed by atoms with Gasteiger partial charge in [-0.2, -0.15) is 5.10 Å². The summed E-state index contributed by atoms with van der Waals surface area (Å²) < 4.78 is 9.98. The summed E-state index contributed by atoms with van der Waals surface area (Å²) in [6.07, 6.45) is 5.33. The largest absolute Gasteiger partial charge is 0.481 e. The maximum absolute atomic E-state index is 13.5. The number of carboxylic acid groups (broad SMARTS) is 1. The Morgan fingerprint density at radius 2 is 2.11 bits per heavy atom. The predicted molar refractivity (Wildman–Crippen MR) is 154 cm³/mol. The standard InChI is InChI=1S/C27H33N5O4SSi/c1-31-24-21(25-26(31)30-22(37-25)12-23(33)34)14-29-32(27(24)35)15-18-7-5-6-17-8-9-19(28-13-20(17)18)16-36-10-11-38(2,3)4/h5-7,13-14,19H,8-12,15-16H2,1-4H3,(H,33,34). The topological polar surface area (TPSA) is 112 Å². The first-order valence-electron chi connectivity index (χ1n) is 12.9. The van der Waals surface area contributed by atoms with Crippen molar-refractivity contribution in [2.45, 2.75) is 57.5 Å². The molecule has 0 saturated carbocycles. The number of aromatic nitrogens is 4. The fourth-order valence-electron chi connectivity index (χ4n) is 4.80. The zero-order valence-electron chi connectivity index (χ0n) is 22.2. The highest BCUT2D eigenvalue weighted by molar-refractivity contribution is 7.19. The van der Waals surface area contributed by atoms with Gasteiger partial charge in [0.15, 0.2) is 5.65 Å². The monoisotopic (exact) mass is 551 g/mol. The van der Waals surface area contributed by atoms with Gasteiger partial charge >= 0.3 is 5.97 Å². The molecule has 1 unspecified atom stereocenters. The van der Waals surface area contributed by atoms with Gasteiger partial charge in [0.2, 0.25) is 0 Å². The maximum atomic E-state index is 13.5. The van der Waals surface area contributed by atoms with Gasteiger partial charge in [0.05, 0.1) is 36.5 Å². The molecule has 4 aromatic rings. The Labute approximate surface area is 225 Å². The second-order valence-electron chi connectivity index (χ2n) is 11.1. The third kappa shape index (κ3) is 5.50. The van der Waals surface area contributed by atoms with Crippen LogP contribution in [0.3, 0.4) is 0 Å². The molecule has 11 heteroatoms. The number of ether oxygens (including phenoxy) is 1. The van der Waals surface area contributed by atoms with Crippen molar-refractivity contribution in [3.63, 3.8) is 0 Å². The van der Waals surface area contributed by atoms with Gasteiger partial charge in [0, 0.05) is 38.9 Å². The molecule has 38 heavy (non-hydrogen) atoms. The lowest BCUT2D eigenvalue weighted by molar-refractivity contribution is -0.136. The molecule has 0 radical (unpaired) electrons. The molecule has 0 aliphatic carbocycles. The summed E-state index contributed by atoms with van der Waals surface area (Å²) in [7, 11) is 0.672. The van der Waals surface area contributed by atoms with E-state index < -0.39 is 14.0 Å². The first kappa shape index (κ1) is 26.5. The smallest absolute Gasteiger partial charge is 0.310 e. The number of fused-ring (bicyclic) bond motifs is 4. The second kappa shape index (κ2) is 10.5. The van der Waals surface area contributed by atoms with Gasteiger partial charge in [-0.05, 0) is 30.0 Å². The highest BCUT2D eigenvalue weighted by atomic mass is 32.1. The lowest BCUT2D eigenvalue weighted by atomic mass is 9.98. The van der Waals surface area contributed by atoms with Crippen LogP contribution in [-0.4, -0.2) is 64.0 Å². The van der Waals surface area contributed by atoms with E-state index in [9.17, 15) is 9.59 Å². The quantitative estimate of drug-likeness (QED) is 0.248. The highest BCUT2D eigenvalue weighted by Gasteiger charge is 2.21. The molecule has 1 atom stereocenters. The maximum Gasteiger partial charge on any atom is 0.310 e. The first-order chi connectivity index (χ1) is 18.1. The molecule has 1 aromatic carbocycles. The molecule has 0 spiro atoms. The SMILES string of the molecule is Cn1c2nc(CC(=O)O)sc2c2cnn(Cc3cccc4c3C=NC(COCC[Si](C)(C)C)CC4)c(=O)c21. The summed E-state index contributed by atoms with van der Waals surface area (Å²) in [4.78, 5) is 33.9. The van der Waals surface area contributed by atoms with E-state index in [0.29, 0.717) is 34.7 Å². The van der Waals surface area contributed by atoms with Crippen LogP contribution < -0.4 is 5.56 Å². The molecule has 0 bridgehead atoms. The minimum absolute atomic E-state index is 0.129. The summed E-state index contributed by atoms with van der Waals surface area (Å²) >= 11 is 1.30. The van der Waals surface area contributed by atoms with Gasteiger partial charge < -0.3 is 14.4 Å². The molecule has 5 rings (SSSR count). The second-order valence-corrected chi connectivity index (χ2v) is 17.8. The van der Waals surface area contributed by atoms with Crippen molar-refractivity contribution < 1.29 is 14.6 Å². The van der Waals surface area contributed by atoms with Crippen molar-refractivity contribution in [3.8, 4) is 0 Å². The average Bonchev–Trinajstić information content (AvgIpc) is 3.27. The summed E-state index contributed by atoms with van der Waals surface area (Å²) in [5.41, 5.74) is 4.20. The van der Waals surface area contributed by atoms with E-state index in [0.717, 1.165) is 41.3 Å². The number of carbonyl (C=O) groups is 1. The average molecular weight is 552 g/mol. The number of aryl methyl sites for hydroxylation is 2. The van der Waals surface area contributed by atoms with Crippen molar-refractivity contribution in [1.29, 1.82) is 0 Å². The Morgan fingerprint density at radius 3 is 2.87 bits per heavy atom. The summed E-state index contributed by atoms with van der Waals surface area (Å²) in [6.45, 7) is 8.82. The zero-order valence-corrected chi connectivity index (χ0v) is 24.0. The number of benzene rings is 1. The van der Waals surface area contributed by atoms with Crippen molar-refractivity contribution >= 4 is 52.8 Å². The van der Waals surface area contributed by atoms with Crippen LogP contribution in [0.15, 0.2) is 34.2 Å². The number of carboxylic acids is 1. The van der Waals surface area contributed by atoms with Crippen LogP contribution in [0.5, 0.6) is 0 Å². The number of rotatable bonds is 9. The minimum atomic E-state index is -1.11. The molecule has 1 N–H and O–H groups in total. The fraction of sp³-hybridized carbons (Fsp3) is 0.444. The Balaban J connectivity index is 1.39. The third-order valence-electron chi connectivity index (χ3n) is 6.95. The van der Waals surface area contributed by atoms with E-state index in [2.05, 4.69) is 35.8 Å². The Kier molecular flexibility index (Phi) is 7.34. The molecule has 3 aromatic heterocycles. The lowest BCUT2D eigenvalue weighted by Crippen LogP contribution is -2.25. The van der Waals surface area contributed by atoms with Crippen molar-refractivity contribution in [3.05, 3.63) is 56.4 Å². The number of hydrogen-bond donors (Lipinski definition) is 1. The van der Waals surface area contributed by atoms with Crippen LogP contribution in [-0.2, 0) is 36.0 Å². The van der Waals surface area contributed by atoms with Crippen LogP contribution in [0.1, 0.15) is 28.1 Å². The molecule has 1 aliphatic heterocycles. The van der Waals surface area contributed by atoms with Gasteiger partial charge in [-0.1, -0.05) is 37.8 Å². The number of thiazole rings is 1. The van der Waals surface area contributed by atoms with Gasteiger partial charge in [0.1, 0.15) is 10.5 Å². The molecule has 0 amide bonds. The third-order valence-corrected chi connectivity index (χ3v) is 9.73. The van der Waals surface area contributed by atoms with Crippen LogP contribution in [0.4, 0.5) is 0 Å². The van der Waals surface area contributed by atoms with Gasteiger partial charge in [-0.15, -0.1) is 11.3 Å². The van der Waals surface area contributed by atoms with Crippen LogP contribution in [0.25, 0.3) is 21.3 Å². The van der Waals surface area contributed by atoms with E-state index in [1.807, 2.05) is 18.3 Å². The molecular formula is C27H33N5O4SSi. The molecular weight excluding hydrogens is 518 g/mol. The first-order valence-corrected chi connectivity index (χ1v) is 17.4. The molecule has 0 saturated heterocycles. The molecule has 1 aliphatic rings. The van der Waals surface area contributed by atoms with Crippen LogP contribution in [0, 0.1) is 0 Å². The normalized spacial score (nSPS) is 15.7. The van der Waals surface area contributed by atoms with Gasteiger partial charge in [0.25, 0.3) is 5.56 Å². The number of nitrogens with zero attached hydrogens (tertiary/aromatic N) is 5. The number of aliphatic carboxylic acids is 1. The minimum Gasteiger partial charge on any atom is -0.481 e. The molecule has 0 fully saturated rings. The lowest BCUT2D eigenvalue weighted by Gasteiger charge is -2.17. The zero-order chi connectivity index (χ0) is 27.0. The highest BCUT2D eigenvalue weighted by Crippen LogP contribution is 2.31. The van der Waals surface area contributed by atoms with E-state index >= 15 is 0 Å². The summed E-state index contributed by atoms with van der Waals surface area (Å²) in [5.74, 6) is -0.930. The van der Waals surface area contributed by atoms with Gasteiger partial charge in [-0.25, -0.2) is 9.67 Å². The fourth-order valence-corrected chi connectivity index (χ4v) is 6.65. The van der Waals surface area contributed by atoms with Crippen LogP contribution in [0.2, 0.25) is 25.7 Å². The predicted octanol–water partition coefficient (Wildman–Crippen LogP) is 4.11. The van der Waals surface area contributed by atoms with E-state index in [4.69, 9.17) is 14.8 Å². The van der Waals surface area contributed by atoms with Gasteiger partial charge in [-0.3, -0.25) is 14.6 Å². The van der Waals surface area contributed by atoms with E-state index in [1.165, 1.54) is 21.6 Å². The van der Waals surface area contributed by atoms with Crippen molar-refractivity contribution in [2.24, 2.45) is 12.0 Å². The Morgan fingerprint density at radius 1 is 1.29 bits per heavy atom. The molecule has 9 nitrogen and oxygen atoms in total. The molecule has 200 valence electrons. The number of hydrogen-bond acceptors (Lipinski definition) is 7. The summed E-state index contributed by atoms with van der Waals surface area (Å²) in [5, 5.41) is 14.8.